The number of nitrogens with one attached hydrogen (secondary N) is 1. The summed E-state index contributed by atoms with van der Waals surface area (Å²) in [6.07, 6.45) is -0.708. The predicted octanol–water partition coefficient (Wildman–Crippen LogP) is 1.30. The lowest BCUT2D eigenvalue weighted by Gasteiger charge is -2.18. The summed E-state index contributed by atoms with van der Waals surface area (Å²) in [4.78, 5) is 34.3. The van der Waals surface area contributed by atoms with E-state index < -0.39 is 30.1 Å². The van der Waals surface area contributed by atoms with Crippen LogP contribution in [0.15, 0.2) is 24.3 Å². The van der Waals surface area contributed by atoms with E-state index in [4.69, 9.17) is 26.8 Å². The molecule has 0 bridgehead atoms. The molecular formula is C14H15ClN2O5. The molecule has 118 valence electrons. The summed E-state index contributed by atoms with van der Waals surface area (Å²) in [5.41, 5.74) is 5.77. The molecule has 1 saturated heterocycles. The number of carbonyl (C=O) groups is 3. The number of carbonyl (C=O) groups excluding carboxylic acids is 3. The standard InChI is InChI=1S/C14H15ClN2O5/c15-9-3-1-8(2-4-9)10(17-14(16)20)7-12(18)22-11-5-6-21-13(11)19/h1-4,10-11H,5-7H2,(H3,16,17,20)/t10-,11-/m0/s1. The SMILES string of the molecule is NC(=O)N[C@@H](CC(=O)O[C@H]1CCOC1=O)c1ccc(Cl)cc1. The first kappa shape index (κ1) is 16.1. The second-order valence-corrected chi connectivity index (χ2v) is 5.19. The number of rotatable bonds is 5. The van der Waals surface area contributed by atoms with Gasteiger partial charge in [0.25, 0.3) is 0 Å². The number of ether oxygens (including phenoxy) is 2. The molecule has 1 aliphatic heterocycles. The first-order chi connectivity index (χ1) is 10.5. The Morgan fingerprint density at radius 2 is 2.09 bits per heavy atom. The maximum atomic E-state index is 11.9. The van der Waals surface area contributed by atoms with E-state index in [0.717, 1.165) is 0 Å². The van der Waals surface area contributed by atoms with Crippen molar-refractivity contribution in [1.29, 1.82) is 0 Å². The van der Waals surface area contributed by atoms with E-state index in [2.05, 4.69) is 5.32 Å². The topological polar surface area (TPSA) is 108 Å². The van der Waals surface area contributed by atoms with Crippen molar-refractivity contribution in [2.24, 2.45) is 5.73 Å². The fourth-order valence-electron chi connectivity index (χ4n) is 2.08. The molecule has 0 aliphatic carbocycles. The predicted molar refractivity (Wildman–Crippen MR) is 77.0 cm³/mol. The van der Waals surface area contributed by atoms with Gasteiger partial charge >= 0.3 is 18.0 Å². The highest BCUT2D eigenvalue weighted by atomic mass is 35.5. The van der Waals surface area contributed by atoms with E-state index in [1.54, 1.807) is 24.3 Å². The summed E-state index contributed by atoms with van der Waals surface area (Å²) in [6, 6.07) is 5.16. The molecule has 1 fully saturated rings. The number of amides is 2. The van der Waals surface area contributed by atoms with Crippen LogP contribution in [0.5, 0.6) is 0 Å². The first-order valence-electron chi connectivity index (χ1n) is 6.63. The van der Waals surface area contributed by atoms with Gasteiger partial charge in [0.15, 0.2) is 0 Å². The van der Waals surface area contributed by atoms with Crippen LogP contribution in [0.2, 0.25) is 5.02 Å². The lowest BCUT2D eigenvalue weighted by Crippen LogP contribution is -2.35. The molecule has 1 aromatic rings. The molecule has 0 radical (unpaired) electrons. The lowest BCUT2D eigenvalue weighted by molar-refractivity contribution is -0.160. The number of primary amides is 1. The molecule has 0 saturated carbocycles. The Labute approximate surface area is 131 Å². The average Bonchev–Trinajstić information content (AvgIpc) is 2.84. The second-order valence-electron chi connectivity index (χ2n) is 4.75. The summed E-state index contributed by atoms with van der Waals surface area (Å²) < 4.78 is 9.76. The van der Waals surface area contributed by atoms with Crippen LogP contribution in [0.4, 0.5) is 4.79 Å². The van der Waals surface area contributed by atoms with Gasteiger partial charge in [-0.05, 0) is 17.7 Å². The molecule has 8 heteroatoms. The summed E-state index contributed by atoms with van der Waals surface area (Å²) in [6.45, 7) is 0.233. The summed E-state index contributed by atoms with van der Waals surface area (Å²) in [7, 11) is 0. The van der Waals surface area contributed by atoms with E-state index >= 15 is 0 Å². The summed E-state index contributed by atoms with van der Waals surface area (Å²) in [5, 5.41) is 2.99. The van der Waals surface area contributed by atoms with Crippen LogP contribution >= 0.6 is 11.6 Å². The summed E-state index contributed by atoms with van der Waals surface area (Å²) >= 11 is 5.80. The van der Waals surface area contributed by atoms with E-state index in [1.165, 1.54) is 0 Å². The van der Waals surface area contributed by atoms with Crippen LogP contribution in [0, 0.1) is 0 Å². The maximum absolute atomic E-state index is 11.9. The number of halogens is 1. The Balaban J connectivity index is 2.02. The van der Waals surface area contributed by atoms with Gasteiger partial charge in [-0.2, -0.15) is 0 Å². The number of cyclic esters (lactones) is 1. The maximum Gasteiger partial charge on any atom is 0.347 e. The van der Waals surface area contributed by atoms with E-state index in [9.17, 15) is 14.4 Å². The van der Waals surface area contributed by atoms with Crippen LogP contribution in [0.25, 0.3) is 0 Å². The molecule has 1 aliphatic rings. The Morgan fingerprint density at radius 1 is 1.41 bits per heavy atom. The molecule has 2 amide bonds. The van der Waals surface area contributed by atoms with E-state index in [1.807, 2.05) is 0 Å². The second kappa shape index (κ2) is 7.13. The highest BCUT2D eigenvalue weighted by molar-refractivity contribution is 6.30. The third kappa shape index (κ3) is 4.36. The zero-order chi connectivity index (χ0) is 16.1. The van der Waals surface area contributed by atoms with Crippen molar-refractivity contribution in [1.82, 2.24) is 5.32 Å². The normalized spacial score (nSPS) is 18.4. The number of nitrogens with two attached hydrogens (primary N) is 1. The van der Waals surface area contributed by atoms with Crippen molar-refractivity contribution in [3.8, 4) is 0 Å². The zero-order valence-corrected chi connectivity index (χ0v) is 12.3. The van der Waals surface area contributed by atoms with Crippen LogP contribution < -0.4 is 11.1 Å². The fourth-order valence-corrected chi connectivity index (χ4v) is 2.20. The molecule has 1 aromatic carbocycles. The van der Waals surface area contributed by atoms with Crippen molar-refractivity contribution < 1.29 is 23.9 Å². The minimum absolute atomic E-state index is 0.158. The minimum atomic E-state index is -0.882. The van der Waals surface area contributed by atoms with Crippen LogP contribution in [-0.4, -0.2) is 30.7 Å². The summed E-state index contributed by atoms with van der Waals surface area (Å²) in [5.74, 6) is -1.18. The lowest BCUT2D eigenvalue weighted by atomic mass is 10.0. The van der Waals surface area contributed by atoms with Gasteiger partial charge in [-0.15, -0.1) is 0 Å². The molecule has 2 rings (SSSR count). The highest BCUT2D eigenvalue weighted by Gasteiger charge is 2.31. The quantitative estimate of drug-likeness (QED) is 0.793. The van der Waals surface area contributed by atoms with Crippen LogP contribution in [-0.2, 0) is 19.1 Å². The number of esters is 2. The average molecular weight is 327 g/mol. The number of hydrogen-bond acceptors (Lipinski definition) is 5. The Morgan fingerprint density at radius 3 is 2.64 bits per heavy atom. The van der Waals surface area contributed by atoms with E-state index in [-0.39, 0.29) is 13.0 Å². The van der Waals surface area contributed by atoms with Crippen molar-refractivity contribution >= 4 is 29.6 Å². The molecule has 22 heavy (non-hydrogen) atoms. The smallest absolute Gasteiger partial charge is 0.347 e. The van der Waals surface area contributed by atoms with Crippen molar-refractivity contribution in [2.75, 3.05) is 6.61 Å². The van der Waals surface area contributed by atoms with Crippen LogP contribution in [0.3, 0.4) is 0 Å². The van der Waals surface area contributed by atoms with Crippen molar-refractivity contribution in [2.45, 2.75) is 25.0 Å². The van der Waals surface area contributed by atoms with Gasteiger partial charge in [-0.25, -0.2) is 9.59 Å². The van der Waals surface area contributed by atoms with Gasteiger partial charge in [-0.1, -0.05) is 23.7 Å². The molecule has 0 unspecified atom stereocenters. The number of urea groups is 1. The number of hydrogen-bond donors (Lipinski definition) is 2. The zero-order valence-electron chi connectivity index (χ0n) is 11.6. The van der Waals surface area contributed by atoms with Gasteiger partial charge in [0, 0.05) is 11.4 Å². The third-order valence-electron chi connectivity index (χ3n) is 3.12. The molecule has 0 spiro atoms. The Bertz CT molecular complexity index is 575. The van der Waals surface area contributed by atoms with Crippen molar-refractivity contribution in [3.63, 3.8) is 0 Å². The molecule has 7 nitrogen and oxygen atoms in total. The molecule has 3 N–H and O–H groups in total. The van der Waals surface area contributed by atoms with Gasteiger partial charge in [-0.3, -0.25) is 4.79 Å². The molecular weight excluding hydrogens is 312 g/mol. The van der Waals surface area contributed by atoms with Crippen LogP contribution in [0.1, 0.15) is 24.4 Å². The van der Waals surface area contributed by atoms with Crippen molar-refractivity contribution in [3.05, 3.63) is 34.9 Å². The Hall–Kier alpha value is -2.28. The minimum Gasteiger partial charge on any atom is -0.463 e. The molecule has 1 heterocycles. The molecule has 2 atom stereocenters. The third-order valence-corrected chi connectivity index (χ3v) is 3.37. The highest BCUT2D eigenvalue weighted by Crippen LogP contribution is 2.21. The Kier molecular flexibility index (Phi) is 5.21. The fraction of sp³-hybridized carbons (Fsp3) is 0.357. The van der Waals surface area contributed by atoms with Gasteiger partial charge < -0.3 is 20.5 Å². The monoisotopic (exact) mass is 326 g/mol. The number of benzene rings is 1. The van der Waals surface area contributed by atoms with E-state index in [0.29, 0.717) is 17.0 Å². The van der Waals surface area contributed by atoms with Gasteiger partial charge in [0.1, 0.15) is 0 Å². The largest absolute Gasteiger partial charge is 0.463 e. The molecule has 0 aromatic heterocycles. The van der Waals surface area contributed by atoms with Gasteiger partial charge in [0.2, 0.25) is 6.10 Å². The van der Waals surface area contributed by atoms with Gasteiger partial charge in [0.05, 0.1) is 19.1 Å². The first-order valence-corrected chi connectivity index (χ1v) is 7.01.